The van der Waals surface area contributed by atoms with Gasteiger partial charge in [-0.05, 0) is 43.3 Å². The summed E-state index contributed by atoms with van der Waals surface area (Å²) in [5, 5.41) is 4.94. The van der Waals surface area contributed by atoms with Crippen molar-refractivity contribution >= 4 is 39.2 Å². The highest BCUT2D eigenvalue weighted by atomic mass is 35.5. The maximum Gasteiger partial charge on any atom is 0.264 e. The third-order valence-electron chi connectivity index (χ3n) is 2.92. The summed E-state index contributed by atoms with van der Waals surface area (Å²) in [4.78, 5) is 5.18. The van der Waals surface area contributed by atoms with Crippen LogP contribution in [0.5, 0.6) is 0 Å². The summed E-state index contributed by atoms with van der Waals surface area (Å²) in [6, 6.07) is 11.9. The fourth-order valence-electron chi connectivity index (χ4n) is 1.82. The first kappa shape index (κ1) is 16.8. The molecule has 0 aliphatic rings. The normalized spacial score (nSPS) is 11.4. The molecule has 0 spiro atoms. The number of pyridine rings is 1. The first-order chi connectivity index (χ1) is 11.4. The number of nitrogens with zero attached hydrogens (tertiary/aromatic N) is 2. The summed E-state index contributed by atoms with van der Waals surface area (Å²) in [5.41, 5.74) is 0. The smallest absolute Gasteiger partial charge is 0.264 e. The van der Waals surface area contributed by atoms with Gasteiger partial charge in [0.1, 0.15) is 15.7 Å². The Balaban J connectivity index is 1.74. The molecule has 2 heterocycles. The van der Waals surface area contributed by atoms with Gasteiger partial charge in [-0.15, -0.1) is 0 Å². The minimum absolute atomic E-state index is 0.0450. The van der Waals surface area contributed by atoms with Gasteiger partial charge < -0.3 is 4.52 Å². The molecule has 0 bridgehead atoms. The highest BCUT2D eigenvalue weighted by molar-refractivity contribution is 7.99. The van der Waals surface area contributed by atoms with Gasteiger partial charge in [-0.1, -0.05) is 28.5 Å². The standard InChI is InChI=1S/C15H12ClN3O3S2/c1-10-8-14(18-22-10)19-24(20,21)13-6-7-15(17-9-13)23-12-4-2-11(16)3-5-12/h2-9H,1H3,(H,18,19). The van der Waals surface area contributed by atoms with Crippen LogP contribution in [0.25, 0.3) is 0 Å². The van der Waals surface area contributed by atoms with E-state index in [2.05, 4.69) is 14.9 Å². The molecule has 124 valence electrons. The first-order valence-corrected chi connectivity index (χ1v) is 9.46. The van der Waals surface area contributed by atoms with Gasteiger partial charge in [0.15, 0.2) is 5.82 Å². The van der Waals surface area contributed by atoms with Crippen molar-refractivity contribution in [2.45, 2.75) is 21.7 Å². The van der Waals surface area contributed by atoms with Crippen LogP contribution in [0.3, 0.4) is 0 Å². The predicted octanol–water partition coefficient (Wildman–Crippen LogP) is 3.98. The zero-order valence-electron chi connectivity index (χ0n) is 12.4. The molecular formula is C15H12ClN3O3S2. The maximum atomic E-state index is 12.3. The van der Waals surface area contributed by atoms with E-state index in [1.807, 2.05) is 12.1 Å². The third kappa shape index (κ3) is 4.08. The van der Waals surface area contributed by atoms with Crippen LogP contribution in [0.4, 0.5) is 5.82 Å². The van der Waals surface area contributed by atoms with E-state index in [1.165, 1.54) is 30.1 Å². The van der Waals surface area contributed by atoms with Crippen molar-refractivity contribution in [2.24, 2.45) is 0 Å². The molecule has 2 aromatic heterocycles. The van der Waals surface area contributed by atoms with Crippen LogP contribution in [0.2, 0.25) is 5.02 Å². The van der Waals surface area contributed by atoms with Gasteiger partial charge in [0, 0.05) is 22.2 Å². The lowest BCUT2D eigenvalue weighted by molar-refractivity contribution is 0.400. The topological polar surface area (TPSA) is 85.1 Å². The number of anilines is 1. The van der Waals surface area contributed by atoms with E-state index in [1.54, 1.807) is 25.1 Å². The zero-order valence-corrected chi connectivity index (χ0v) is 14.8. The monoisotopic (exact) mass is 381 g/mol. The second-order valence-electron chi connectivity index (χ2n) is 4.82. The molecule has 24 heavy (non-hydrogen) atoms. The van der Waals surface area contributed by atoms with Gasteiger partial charge in [-0.3, -0.25) is 4.72 Å². The van der Waals surface area contributed by atoms with Crippen LogP contribution in [0, 0.1) is 6.92 Å². The zero-order chi connectivity index (χ0) is 17.2. The van der Waals surface area contributed by atoms with Gasteiger partial charge >= 0.3 is 0 Å². The van der Waals surface area contributed by atoms with Crippen LogP contribution in [0.1, 0.15) is 5.76 Å². The largest absolute Gasteiger partial charge is 0.360 e. The van der Waals surface area contributed by atoms with Crippen molar-refractivity contribution in [3.63, 3.8) is 0 Å². The van der Waals surface area contributed by atoms with Crippen LogP contribution in [-0.4, -0.2) is 18.6 Å². The second-order valence-corrected chi connectivity index (χ2v) is 8.03. The first-order valence-electron chi connectivity index (χ1n) is 6.78. The average Bonchev–Trinajstić information content (AvgIpc) is 2.94. The van der Waals surface area contributed by atoms with E-state index in [0.717, 1.165) is 4.90 Å². The molecule has 1 N–H and O–H groups in total. The summed E-state index contributed by atoms with van der Waals surface area (Å²) >= 11 is 7.25. The summed E-state index contributed by atoms with van der Waals surface area (Å²) in [5.74, 6) is 0.646. The molecule has 0 saturated heterocycles. The summed E-state index contributed by atoms with van der Waals surface area (Å²) in [6.07, 6.45) is 1.30. The average molecular weight is 382 g/mol. The van der Waals surface area contributed by atoms with Crippen molar-refractivity contribution in [2.75, 3.05) is 4.72 Å². The van der Waals surface area contributed by atoms with Gasteiger partial charge in [0.2, 0.25) is 0 Å². The highest BCUT2D eigenvalue weighted by Crippen LogP contribution is 2.27. The molecule has 9 heteroatoms. The van der Waals surface area contributed by atoms with Crippen LogP contribution in [-0.2, 0) is 10.0 Å². The van der Waals surface area contributed by atoms with E-state index in [4.69, 9.17) is 16.1 Å². The number of hydrogen-bond donors (Lipinski definition) is 1. The van der Waals surface area contributed by atoms with Crippen LogP contribution in [0.15, 0.2) is 68.0 Å². The predicted molar refractivity (Wildman–Crippen MR) is 91.9 cm³/mol. The Hall–Kier alpha value is -2.03. The molecule has 6 nitrogen and oxygen atoms in total. The Morgan fingerprint density at radius 1 is 1.17 bits per heavy atom. The van der Waals surface area contributed by atoms with E-state index in [-0.39, 0.29) is 10.7 Å². The number of rotatable bonds is 5. The van der Waals surface area contributed by atoms with E-state index < -0.39 is 10.0 Å². The fraction of sp³-hybridized carbons (Fsp3) is 0.0667. The second kappa shape index (κ2) is 6.84. The lowest BCUT2D eigenvalue weighted by Crippen LogP contribution is -2.13. The SMILES string of the molecule is Cc1cc(NS(=O)(=O)c2ccc(Sc3ccc(Cl)cc3)nc2)no1. The Kier molecular flexibility index (Phi) is 4.79. The Labute approximate surface area is 148 Å². The number of aromatic nitrogens is 2. The number of aryl methyl sites for hydroxylation is 1. The molecule has 0 atom stereocenters. The van der Waals surface area contributed by atoms with Gasteiger partial charge in [-0.25, -0.2) is 13.4 Å². The lowest BCUT2D eigenvalue weighted by Gasteiger charge is -2.06. The molecule has 0 aliphatic heterocycles. The molecule has 1 aromatic carbocycles. The highest BCUT2D eigenvalue weighted by Gasteiger charge is 2.16. The number of nitrogens with one attached hydrogen (secondary N) is 1. The Morgan fingerprint density at radius 2 is 1.92 bits per heavy atom. The number of hydrogen-bond acceptors (Lipinski definition) is 6. The summed E-state index contributed by atoms with van der Waals surface area (Å²) < 4.78 is 31.7. The molecule has 0 saturated carbocycles. The number of halogens is 1. The van der Waals surface area contributed by atoms with Crippen molar-refractivity contribution in [3.8, 4) is 0 Å². The van der Waals surface area contributed by atoms with Crippen LogP contribution >= 0.6 is 23.4 Å². The molecule has 0 fully saturated rings. The van der Waals surface area contributed by atoms with Crippen molar-refractivity contribution < 1.29 is 12.9 Å². The molecule has 0 radical (unpaired) electrons. The number of benzene rings is 1. The number of sulfonamides is 1. The van der Waals surface area contributed by atoms with E-state index in [0.29, 0.717) is 15.8 Å². The van der Waals surface area contributed by atoms with Crippen molar-refractivity contribution in [1.29, 1.82) is 0 Å². The molecule has 3 aromatic rings. The summed E-state index contributed by atoms with van der Waals surface area (Å²) in [6.45, 7) is 1.68. The maximum absolute atomic E-state index is 12.3. The van der Waals surface area contributed by atoms with E-state index in [9.17, 15) is 8.42 Å². The van der Waals surface area contributed by atoms with Gasteiger partial charge in [0.25, 0.3) is 10.0 Å². The van der Waals surface area contributed by atoms with E-state index >= 15 is 0 Å². The molecule has 0 unspecified atom stereocenters. The molecule has 0 aliphatic carbocycles. The molecular weight excluding hydrogens is 370 g/mol. The van der Waals surface area contributed by atoms with Crippen LogP contribution < -0.4 is 4.72 Å². The fourth-order valence-corrected chi connectivity index (χ4v) is 3.63. The van der Waals surface area contributed by atoms with Gasteiger partial charge in [0.05, 0.1) is 0 Å². The Bertz CT molecular complexity index is 939. The minimum Gasteiger partial charge on any atom is -0.360 e. The minimum atomic E-state index is -3.76. The quantitative estimate of drug-likeness (QED) is 0.719. The third-order valence-corrected chi connectivity index (χ3v) is 5.47. The molecule has 3 rings (SSSR count). The van der Waals surface area contributed by atoms with Gasteiger partial charge in [-0.2, -0.15) is 0 Å². The van der Waals surface area contributed by atoms with Crippen molar-refractivity contribution in [1.82, 2.24) is 10.1 Å². The summed E-state index contributed by atoms with van der Waals surface area (Å²) in [7, 11) is -3.76. The molecule has 0 amide bonds. The van der Waals surface area contributed by atoms with Crippen molar-refractivity contribution in [3.05, 3.63) is 59.4 Å². The lowest BCUT2D eigenvalue weighted by atomic mass is 10.4. The Morgan fingerprint density at radius 3 is 2.50 bits per heavy atom.